The minimum absolute atomic E-state index is 0.331. The molecule has 0 atom stereocenters. The van der Waals surface area contributed by atoms with Crippen LogP contribution in [0.15, 0.2) is 53.4 Å². The van der Waals surface area contributed by atoms with Crippen molar-refractivity contribution in [1.82, 2.24) is 4.72 Å². The van der Waals surface area contributed by atoms with Crippen molar-refractivity contribution in [2.45, 2.75) is 37.6 Å². The minimum atomic E-state index is -3.60. The predicted octanol–water partition coefficient (Wildman–Crippen LogP) is 4.37. The van der Waals surface area contributed by atoms with Crippen LogP contribution < -0.4 is 4.72 Å². The normalized spacial score (nSPS) is 12.3. The first kappa shape index (κ1) is 18.2. The third kappa shape index (κ3) is 4.90. The summed E-state index contributed by atoms with van der Waals surface area (Å²) in [6.45, 7) is 5.53. The van der Waals surface area contributed by atoms with Gasteiger partial charge in [-0.15, -0.1) is 0 Å². The molecule has 0 aliphatic heterocycles. The van der Waals surface area contributed by atoms with E-state index in [-0.39, 0.29) is 0 Å². The Hall–Kier alpha value is -1.17. The van der Waals surface area contributed by atoms with Crippen LogP contribution in [0, 0.1) is 0 Å². The van der Waals surface area contributed by atoms with Crippen LogP contribution in [0.1, 0.15) is 26.3 Å². The van der Waals surface area contributed by atoms with Crippen LogP contribution in [0.25, 0.3) is 11.1 Å². The van der Waals surface area contributed by atoms with Gasteiger partial charge in [-0.25, -0.2) is 13.1 Å². The smallest absolute Gasteiger partial charge is 0.207 e. The zero-order valence-corrected chi connectivity index (χ0v) is 16.0. The first-order chi connectivity index (χ1) is 10.7. The SMILES string of the molecule is CC(C)(C)NS(=O)(=O)c1cc(CCBr)ccc1-c1ccccc1. The molecular weight excluding hydrogens is 374 g/mol. The molecule has 124 valence electrons. The van der Waals surface area contributed by atoms with Crippen LogP contribution in [0.3, 0.4) is 0 Å². The van der Waals surface area contributed by atoms with Crippen LogP contribution in [-0.4, -0.2) is 19.3 Å². The third-order valence-electron chi connectivity index (χ3n) is 3.24. The highest BCUT2D eigenvalue weighted by Crippen LogP contribution is 2.29. The van der Waals surface area contributed by atoms with E-state index in [1.807, 2.05) is 63.2 Å². The van der Waals surface area contributed by atoms with E-state index in [1.54, 1.807) is 6.07 Å². The van der Waals surface area contributed by atoms with Gasteiger partial charge in [0.25, 0.3) is 0 Å². The maximum absolute atomic E-state index is 12.9. The maximum Gasteiger partial charge on any atom is 0.241 e. The van der Waals surface area contributed by atoms with Gasteiger partial charge in [0.2, 0.25) is 10.0 Å². The molecular formula is C18H22BrNO2S. The average Bonchev–Trinajstić information content (AvgIpc) is 2.46. The molecule has 0 aromatic heterocycles. The molecule has 0 radical (unpaired) electrons. The summed E-state index contributed by atoms with van der Waals surface area (Å²) in [6, 6.07) is 15.3. The Kier molecular flexibility index (Phi) is 5.65. The summed E-state index contributed by atoms with van der Waals surface area (Å²) < 4.78 is 28.5. The lowest BCUT2D eigenvalue weighted by Gasteiger charge is -2.22. The molecule has 0 aliphatic rings. The summed E-state index contributed by atoms with van der Waals surface area (Å²) in [4.78, 5) is 0.331. The van der Waals surface area contributed by atoms with Crippen LogP contribution in [0.5, 0.6) is 0 Å². The largest absolute Gasteiger partial charge is 0.241 e. The summed E-state index contributed by atoms with van der Waals surface area (Å²) in [5.74, 6) is 0. The highest BCUT2D eigenvalue weighted by molar-refractivity contribution is 9.09. The predicted molar refractivity (Wildman–Crippen MR) is 99.5 cm³/mol. The first-order valence-corrected chi connectivity index (χ1v) is 10.1. The number of sulfonamides is 1. The van der Waals surface area contributed by atoms with Gasteiger partial charge in [-0.2, -0.15) is 0 Å². The fourth-order valence-corrected chi connectivity index (χ4v) is 4.52. The molecule has 5 heteroatoms. The zero-order valence-electron chi connectivity index (χ0n) is 13.6. The number of benzene rings is 2. The average molecular weight is 396 g/mol. The Balaban J connectivity index is 2.60. The molecule has 0 bridgehead atoms. The fourth-order valence-electron chi connectivity index (χ4n) is 2.37. The van der Waals surface area contributed by atoms with Gasteiger partial charge < -0.3 is 0 Å². The van der Waals surface area contributed by atoms with E-state index < -0.39 is 15.6 Å². The number of hydrogen-bond donors (Lipinski definition) is 1. The van der Waals surface area contributed by atoms with E-state index in [2.05, 4.69) is 20.7 Å². The number of aryl methyl sites for hydroxylation is 1. The van der Waals surface area contributed by atoms with Gasteiger partial charge >= 0.3 is 0 Å². The molecule has 0 saturated carbocycles. The standard InChI is InChI=1S/C18H22BrNO2S/c1-18(2,3)20-23(21,22)17-13-14(11-12-19)9-10-16(17)15-7-5-4-6-8-15/h4-10,13,20H,11-12H2,1-3H3. The Labute approximate surface area is 147 Å². The lowest BCUT2D eigenvalue weighted by Crippen LogP contribution is -2.40. The van der Waals surface area contributed by atoms with Gasteiger partial charge in [0.15, 0.2) is 0 Å². The number of nitrogens with one attached hydrogen (secondary N) is 1. The summed E-state index contributed by atoms with van der Waals surface area (Å²) in [6.07, 6.45) is 0.785. The summed E-state index contributed by atoms with van der Waals surface area (Å²) in [5, 5.41) is 0.796. The van der Waals surface area contributed by atoms with Crippen LogP contribution in [0.2, 0.25) is 0 Å². The van der Waals surface area contributed by atoms with Gasteiger partial charge in [-0.3, -0.25) is 0 Å². The number of rotatable bonds is 5. The molecule has 0 aliphatic carbocycles. The van der Waals surface area contributed by atoms with Crippen molar-refractivity contribution in [3.8, 4) is 11.1 Å². The summed E-state index contributed by atoms with van der Waals surface area (Å²) in [5.41, 5.74) is 2.08. The van der Waals surface area contributed by atoms with Gasteiger partial charge in [-0.1, -0.05) is 58.4 Å². The topological polar surface area (TPSA) is 46.2 Å². The van der Waals surface area contributed by atoms with Crippen LogP contribution in [0.4, 0.5) is 0 Å². The van der Waals surface area contributed by atoms with E-state index >= 15 is 0 Å². The molecule has 3 nitrogen and oxygen atoms in total. The van der Waals surface area contributed by atoms with E-state index in [1.165, 1.54) is 0 Å². The monoisotopic (exact) mass is 395 g/mol. The van der Waals surface area contributed by atoms with E-state index in [4.69, 9.17) is 0 Å². The molecule has 2 rings (SSSR count). The van der Waals surface area contributed by atoms with Crippen molar-refractivity contribution in [2.75, 3.05) is 5.33 Å². The van der Waals surface area contributed by atoms with Crippen LogP contribution >= 0.6 is 15.9 Å². The van der Waals surface area contributed by atoms with E-state index in [0.717, 1.165) is 28.4 Å². The maximum atomic E-state index is 12.9. The Morgan fingerprint density at radius 3 is 2.26 bits per heavy atom. The molecule has 0 unspecified atom stereocenters. The number of halogens is 1. The van der Waals surface area contributed by atoms with Crippen molar-refractivity contribution in [3.63, 3.8) is 0 Å². The highest BCUT2D eigenvalue weighted by atomic mass is 79.9. The Morgan fingerprint density at radius 1 is 1.04 bits per heavy atom. The van der Waals surface area contributed by atoms with Crippen molar-refractivity contribution < 1.29 is 8.42 Å². The molecule has 2 aromatic rings. The van der Waals surface area contributed by atoms with Crippen molar-refractivity contribution >= 4 is 26.0 Å². The van der Waals surface area contributed by atoms with E-state index in [0.29, 0.717) is 4.90 Å². The zero-order chi connectivity index (χ0) is 17.1. The fraction of sp³-hybridized carbons (Fsp3) is 0.333. The second-order valence-corrected chi connectivity index (χ2v) is 8.93. The lowest BCUT2D eigenvalue weighted by molar-refractivity contribution is 0.491. The van der Waals surface area contributed by atoms with Crippen molar-refractivity contribution in [1.29, 1.82) is 0 Å². The van der Waals surface area contributed by atoms with Crippen molar-refractivity contribution in [3.05, 3.63) is 54.1 Å². The van der Waals surface area contributed by atoms with Gasteiger partial charge in [0.05, 0.1) is 4.90 Å². The van der Waals surface area contributed by atoms with Gasteiger partial charge in [0.1, 0.15) is 0 Å². The quantitative estimate of drug-likeness (QED) is 0.763. The second kappa shape index (κ2) is 7.16. The molecule has 0 fully saturated rings. The number of alkyl halides is 1. The Morgan fingerprint density at radius 2 is 1.70 bits per heavy atom. The van der Waals surface area contributed by atoms with Crippen LogP contribution in [-0.2, 0) is 16.4 Å². The lowest BCUT2D eigenvalue weighted by atomic mass is 10.0. The molecule has 1 N–H and O–H groups in total. The number of hydrogen-bond acceptors (Lipinski definition) is 2. The Bertz CT molecular complexity index is 765. The van der Waals surface area contributed by atoms with E-state index in [9.17, 15) is 8.42 Å². The third-order valence-corrected chi connectivity index (χ3v) is 5.44. The second-order valence-electron chi connectivity index (χ2n) is 6.49. The molecule has 0 heterocycles. The first-order valence-electron chi connectivity index (χ1n) is 7.51. The molecule has 0 amide bonds. The minimum Gasteiger partial charge on any atom is -0.207 e. The molecule has 2 aromatic carbocycles. The van der Waals surface area contributed by atoms with Gasteiger partial charge in [-0.05, 0) is 44.4 Å². The summed E-state index contributed by atoms with van der Waals surface area (Å²) in [7, 11) is -3.60. The molecule has 0 saturated heterocycles. The molecule has 0 spiro atoms. The molecule has 23 heavy (non-hydrogen) atoms. The highest BCUT2D eigenvalue weighted by Gasteiger charge is 2.25. The van der Waals surface area contributed by atoms with Gasteiger partial charge in [0, 0.05) is 16.4 Å². The summed E-state index contributed by atoms with van der Waals surface area (Å²) >= 11 is 3.41. The van der Waals surface area contributed by atoms with Crippen molar-refractivity contribution in [2.24, 2.45) is 0 Å².